The van der Waals surface area contributed by atoms with E-state index in [2.05, 4.69) is 24.4 Å². The van der Waals surface area contributed by atoms with Crippen LogP contribution in [0.4, 0.5) is 5.13 Å². The average molecular weight is 602 g/mol. The second-order valence-electron chi connectivity index (χ2n) is 9.23. The molecule has 15 nitrogen and oxygen atoms in total. The molecule has 2 amide bonds. The van der Waals surface area contributed by atoms with Crippen LogP contribution in [0, 0.1) is 6.92 Å². The second kappa shape index (κ2) is 11.8. The van der Waals surface area contributed by atoms with Crippen LogP contribution in [0.15, 0.2) is 34.8 Å². The maximum absolute atomic E-state index is 13.2. The number of nitrogen functional groups attached to an aromatic ring is 1. The summed E-state index contributed by atoms with van der Waals surface area (Å²) in [4.78, 5) is 53.7. The van der Waals surface area contributed by atoms with Gasteiger partial charge in [0, 0.05) is 36.3 Å². The van der Waals surface area contributed by atoms with E-state index in [9.17, 15) is 19.5 Å². The molecule has 17 heteroatoms. The molecule has 5 heterocycles. The van der Waals surface area contributed by atoms with Crippen molar-refractivity contribution in [1.29, 1.82) is 0 Å². The van der Waals surface area contributed by atoms with Crippen LogP contribution < -0.4 is 21.4 Å². The number of nitrogens with two attached hydrogens (primary N) is 2. The van der Waals surface area contributed by atoms with Gasteiger partial charge in [-0.05, 0) is 37.0 Å². The largest absolute Gasteiger partial charge is 0.477 e. The van der Waals surface area contributed by atoms with E-state index in [0.717, 1.165) is 35.8 Å². The highest BCUT2D eigenvalue weighted by atomic mass is 32.2. The number of carboxylic acid groups (broad SMARTS) is 1. The minimum absolute atomic E-state index is 0.0290. The number of anilines is 1. The van der Waals surface area contributed by atoms with Crippen LogP contribution >= 0.6 is 23.3 Å². The number of thioether (sulfide) groups is 1. The number of hydrogen-bond acceptors (Lipinski definition) is 12. The Hall–Kier alpha value is -4.09. The molecule has 0 saturated carbocycles. The summed E-state index contributed by atoms with van der Waals surface area (Å²) in [6, 6.07) is 2.88. The van der Waals surface area contributed by atoms with Crippen LogP contribution in [-0.4, -0.2) is 82.7 Å². The highest BCUT2D eigenvalue weighted by Gasteiger charge is 2.54. The van der Waals surface area contributed by atoms with E-state index in [1.54, 1.807) is 6.92 Å². The lowest BCUT2D eigenvalue weighted by atomic mass is 10.0. The first-order valence-electron chi connectivity index (χ1n) is 12.8. The number of pyridine rings is 1. The average Bonchev–Trinajstić information content (AvgIpc) is 3.52. The van der Waals surface area contributed by atoms with Crippen molar-refractivity contribution >= 4 is 63.1 Å². The Morgan fingerprint density at radius 1 is 1.37 bits per heavy atom. The van der Waals surface area contributed by atoms with E-state index < -0.39 is 29.2 Å². The predicted molar refractivity (Wildman–Crippen MR) is 151 cm³/mol. The standard InChI is InChI=1S/C24H28N10O5S2/c1-3-39-30-15(18-29-24(26)41-31-18)20(35)28-16-21(36)34-17(23(37)38)13(11-40-22(16)34)10-32-8-4-6-14-19(32)27-12(2)33(14)9-5-7-25/h4,6,8,16,22H,3,5,7,9-11,25H2,1-2H3,(H3-,26,28,29,31,35,37,38)/p+1/b30-15-. The molecule has 3 aromatic rings. The highest BCUT2D eigenvalue weighted by Crippen LogP contribution is 2.40. The summed E-state index contributed by atoms with van der Waals surface area (Å²) < 4.78 is 7.97. The van der Waals surface area contributed by atoms with Crippen LogP contribution in [0.3, 0.4) is 0 Å². The third-order valence-electron chi connectivity index (χ3n) is 6.61. The number of β-lactam (4-membered cyclic amide) rings is 1. The molecule has 0 aromatic carbocycles. The molecule has 2 aliphatic rings. The monoisotopic (exact) mass is 601 g/mol. The molecule has 5 rings (SSSR count). The van der Waals surface area contributed by atoms with Gasteiger partial charge in [0.15, 0.2) is 5.13 Å². The summed E-state index contributed by atoms with van der Waals surface area (Å²) in [6.45, 7) is 5.32. The summed E-state index contributed by atoms with van der Waals surface area (Å²) in [7, 11) is 0. The Kier molecular flexibility index (Phi) is 8.18. The number of imidazole rings is 1. The van der Waals surface area contributed by atoms with Gasteiger partial charge >= 0.3 is 11.6 Å². The van der Waals surface area contributed by atoms with Gasteiger partial charge in [-0.2, -0.15) is 9.36 Å². The molecule has 2 aliphatic heterocycles. The summed E-state index contributed by atoms with van der Waals surface area (Å²) in [6.07, 6.45) is 2.64. The quantitative estimate of drug-likeness (QED) is 0.0961. The van der Waals surface area contributed by atoms with Crippen LogP contribution in [0.25, 0.3) is 11.2 Å². The fourth-order valence-corrected chi connectivity index (χ4v) is 6.54. The number of nitrogens with zero attached hydrogens (tertiary/aromatic N) is 7. The number of carbonyl (C=O) groups excluding carboxylic acids is 2. The fourth-order valence-electron chi connectivity index (χ4n) is 4.77. The number of amides is 2. The Labute approximate surface area is 242 Å². The molecular formula is C24H29N10O5S2+. The van der Waals surface area contributed by atoms with Gasteiger partial charge in [0.1, 0.15) is 35.8 Å². The van der Waals surface area contributed by atoms with E-state index >= 15 is 0 Å². The number of carbonyl (C=O) groups is 3. The lowest BCUT2D eigenvalue weighted by molar-refractivity contribution is -0.664. The molecule has 2 unspecified atom stereocenters. The van der Waals surface area contributed by atoms with Crippen molar-refractivity contribution in [3.63, 3.8) is 0 Å². The number of aliphatic carboxylic acids is 1. The molecule has 1 saturated heterocycles. The number of aromatic nitrogens is 5. The number of fused-ring (bicyclic) bond motifs is 2. The van der Waals surface area contributed by atoms with Crippen molar-refractivity contribution in [2.75, 3.05) is 24.6 Å². The number of hydrogen-bond donors (Lipinski definition) is 4. The van der Waals surface area contributed by atoms with Crippen LogP contribution in [0.2, 0.25) is 0 Å². The van der Waals surface area contributed by atoms with Crippen molar-refractivity contribution in [2.45, 2.75) is 44.8 Å². The second-order valence-corrected chi connectivity index (χ2v) is 11.1. The van der Waals surface area contributed by atoms with E-state index in [1.165, 1.54) is 16.7 Å². The van der Waals surface area contributed by atoms with Crippen molar-refractivity contribution in [3.8, 4) is 0 Å². The van der Waals surface area contributed by atoms with Gasteiger partial charge in [0.05, 0.1) is 6.20 Å². The van der Waals surface area contributed by atoms with Crippen LogP contribution in [0.1, 0.15) is 25.0 Å². The lowest BCUT2D eigenvalue weighted by Crippen LogP contribution is -2.71. The molecule has 0 aliphatic carbocycles. The maximum Gasteiger partial charge on any atom is 0.352 e. The minimum Gasteiger partial charge on any atom is -0.477 e. The predicted octanol–water partition coefficient (Wildman–Crippen LogP) is -0.406. The Morgan fingerprint density at radius 2 is 2.17 bits per heavy atom. The topological polar surface area (TPSA) is 208 Å². The zero-order valence-electron chi connectivity index (χ0n) is 22.3. The molecular weight excluding hydrogens is 572 g/mol. The van der Waals surface area contributed by atoms with Crippen molar-refractivity contribution in [3.05, 3.63) is 41.2 Å². The third kappa shape index (κ3) is 5.34. The van der Waals surface area contributed by atoms with Gasteiger partial charge in [-0.15, -0.1) is 11.8 Å². The molecule has 41 heavy (non-hydrogen) atoms. The number of aryl methyl sites for hydroxylation is 2. The van der Waals surface area contributed by atoms with Gasteiger partial charge in [-0.25, -0.2) is 9.36 Å². The van der Waals surface area contributed by atoms with Gasteiger partial charge in [0.2, 0.25) is 17.4 Å². The summed E-state index contributed by atoms with van der Waals surface area (Å²) >= 11 is 2.25. The smallest absolute Gasteiger partial charge is 0.352 e. The number of carboxylic acids is 1. The fraction of sp³-hybridized carbons (Fsp3) is 0.417. The Bertz CT molecular complexity index is 1580. The number of rotatable bonds is 11. The van der Waals surface area contributed by atoms with Gasteiger partial charge in [0.25, 0.3) is 11.8 Å². The first kappa shape index (κ1) is 28.4. The molecule has 216 valence electrons. The molecule has 1 fully saturated rings. The van der Waals surface area contributed by atoms with Crippen molar-refractivity contribution in [1.82, 2.24) is 29.1 Å². The lowest BCUT2D eigenvalue weighted by Gasteiger charge is -2.49. The van der Waals surface area contributed by atoms with Gasteiger partial charge < -0.3 is 31.3 Å². The minimum atomic E-state index is -1.22. The first-order valence-corrected chi connectivity index (χ1v) is 14.6. The number of nitrogens with one attached hydrogen (secondary N) is 1. The normalized spacial score (nSPS) is 18.9. The highest BCUT2D eigenvalue weighted by molar-refractivity contribution is 8.00. The molecule has 2 atom stereocenters. The van der Waals surface area contributed by atoms with Crippen molar-refractivity contribution < 1.29 is 28.9 Å². The summed E-state index contributed by atoms with van der Waals surface area (Å²) in [5.74, 6) is -1.36. The van der Waals surface area contributed by atoms with Crippen LogP contribution in [0.5, 0.6) is 0 Å². The van der Waals surface area contributed by atoms with Gasteiger partial charge in [-0.1, -0.05) is 5.16 Å². The molecule has 0 spiro atoms. The summed E-state index contributed by atoms with van der Waals surface area (Å²) in [5, 5.41) is 16.1. The maximum atomic E-state index is 13.2. The SMILES string of the molecule is CCO/N=C(\C(=O)NC1C(=O)N2C(C(=O)O)=C(C[n+]3cccc4c3nc(C)n4CCCN)CSC12)c1nsc(N)n1. The Balaban J connectivity index is 1.38. The zero-order valence-corrected chi connectivity index (χ0v) is 23.9. The first-order chi connectivity index (χ1) is 19.7. The summed E-state index contributed by atoms with van der Waals surface area (Å²) in [5.41, 5.74) is 13.2. The molecule has 0 bridgehead atoms. The molecule has 6 N–H and O–H groups in total. The molecule has 3 aromatic heterocycles. The van der Waals surface area contributed by atoms with Gasteiger partial charge in [-0.3, -0.25) is 14.5 Å². The van der Waals surface area contributed by atoms with E-state index in [0.29, 0.717) is 23.5 Å². The Morgan fingerprint density at radius 3 is 2.85 bits per heavy atom. The van der Waals surface area contributed by atoms with E-state index in [1.807, 2.05) is 29.8 Å². The van der Waals surface area contributed by atoms with Crippen LogP contribution in [-0.2, 0) is 32.3 Å². The zero-order chi connectivity index (χ0) is 29.3. The van der Waals surface area contributed by atoms with Crippen molar-refractivity contribution in [2.24, 2.45) is 10.9 Å². The van der Waals surface area contributed by atoms with E-state index in [-0.39, 0.29) is 35.5 Å². The van der Waals surface area contributed by atoms with E-state index in [4.69, 9.17) is 21.3 Å². The number of oxime groups is 1. The third-order valence-corrected chi connectivity index (χ3v) is 8.49. The molecule has 0 radical (unpaired) electrons.